The van der Waals surface area contributed by atoms with Gasteiger partial charge in [0.25, 0.3) is 0 Å². The van der Waals surface area contributed by atoms with Gasteiger partial charge in [-0.1, -0.05) is 26.0 Å². The van der Waals surface area contributed by atoms with Crippen LogP contribution in [0.25, 0.3) is 22.2 Å². The molecular formula is C16H17N3S. The minimum absolute atomic E-state index is 0.404. The first-order valence-corrected chi connectivity index (χ1v) is 7.50. The molecule has 2 N–H and O–H groups in total. The minimum Gasteiger partial charge on any atom is -0.389 e. The van der Waals surface area contributed by atoms with Gasteiger partial charge in [-0.3, -0.25) is 4.98 Å². The van der Waals surface area contributed by atoms with Gasteiger partial charge in [0.15, 0.2) is 0 Å². The van der Waals surface area contributed by atoms with Crippen LogP contribution >= 0.6 is 11.3 Å². The molecule has 2 aromatic heterocycles. The monoisotopic (exact) mass is 283 g/mol. The first-order valence-electron chi connectivity index (χ1n) is 6.68. The van der Waals surface area contributed by atoms with E-state index in [9.17, 15) is 0 Å². The predicted octanol–water partition coefficient (Wildman–Crippen LogP) is 4.37. The van der Waals surface area contributed by atoms with Crippen molar-refractivity contribution in [3.05, 3.63) is 41.0 Å². The van der Waals surface area contributed by atoms with E-state index >= 15 is 0 Å². The quantitative estimate of drug-likeness (QED) is 0.759. The Labute approximate surface area is 122 Å². The first kappa shape index (κ1) is 13.1. The molecule has 102 valence electrons. The molecule has 3 nitrogen and oxygen atoms in total. The summed E-state index contributed by atoms with van der Waals surface area (Å²) >= 11 is 1.58. The second kappa shape index (κ2) is 4.87. The average Bonchev–Trinajstić information content (AvgIpc) is 2.80. The number of hydrogen-bond donors (Lipinski definition) is 1. The van der Waals surface area contributed by atoms with Crippen molar-refractivity contribution in [3.63, 3.8) is 0 Å². The average molecular weight is 283 g/mol. The highest BCUT2D eigenvalue weighted by atomic mass is 32.1. The van der Waals surface area contributed by atoms with Gasteiger partial charge in [-0.2, -0.15) is 0 Å². The number of aromatic nitrogens is 2. The van der Waals surface area contributed by atoms with Crippen molar-refractivity contribution in [2.24, 2.45) is 0 Å². The van der Waals surface area contributed by atoms with Crippen LogP contribution in [0, 0.1) is 6.92 Å². The maximum absolute atomic E-state index is 6.12. The van der Waals surface area contributed by atoms with Crippen molar-refractivity contribution >= 4 is 27.2 Å². The number of benzene rings is 1. The number of aryl methyl sites for hydroxylation is 1. The van der Waals surface area contributed by atoms with Gasteiger partial charge in [-0.05, 0) is 25.1 Å². The highest BCUT2D eigenvalue weighted by Gasteiger charge is 2.13. The highest BCUT2D eigenvalue weighted by Crippen LogP contribution is 2.34. The number of anilines is 1. The molecule has 0 unspecified atom stereocenters. The van der Waals surface area contributed by atoms with Crippen molar-refractivity contribution in [2.75, 3.05) is 5.73 Å². The fourth-order valence-electron chi connectivity index (χ4n) is 2.18. The molecule has 4 heteroatoms. The van der Waals surface area contributed by atoms with Gasteiger partial charge < -0.3 is 5.73 Å². The van der Waals surface area contributed by atoms with Gasteiger partial charge in [0.05, 0.1) is 10.5 Å². The van der Waals surface area contributed by atoms with Crippen LogP contribution in [0.5, 0.6) is 0 Å². The van der Waals surface area contributed by atoms with Gasteiger partial charge in [-0.15, -0.1) is 11.3 Å². The summed E-state index contributed by atoms with van der Waals surface area (Å²) in [6, 6.07) is 10.3. The fraction of sp³-hybridized carbons (Fsp3) is 0.250. The summed E-state index contributed by atoms with van der Waals surface area (Å²) in [6.45, 7) is 6.27. The number of pyridine rings is 1. The number of fused-ring (bicyclic) bond motifs is 1. The molecule has 0 aliphatic rings. The maximum atomic E-state index is 6.12. The molecule has 0 aliphatic heterocycles. The Balaban J connectivity index is 2.12. The standard InChI is InChI=1S/C16H17N3S/c1-9(2)16-19-14(15(17)20-16)12-6-7-13-11(8-12)5-4-10(3)18-13/h4-9H,17H2,1-3H3. The Bertz CT molecular complexity index is 774. The van der Waals surface area contributed by atoms with E-state index in [1.165, 1.54) is 0 Å². The molecule has 0 spiro atoms. The van der Waals surface area contributed by atoms with E-state index in [2.05, 4.69) is 35.9 Å². The van der Waals surface area contributed by atoms with E-state index < -0.39 is 0 Å². The lowest BCUT2D eigenvalue weighted by Crippen LogP contribution is -1.89. The van der Waals surface area contributed by atoms with Crippen LogP contribution in [0.15, 0.2) is 30.3 Å². The van der Waals surface area contributed by atoms with Crippen molar-refractivity contribution in [1.82, 2.24) is 9.97 Å². The third-order valence-corrected chi connectivity index (χ3v) is 4.45. The van der Waals surface area contributed by atoms with Crippen LogP contribution in [-0.4, -0.2) is 9.97 Å². The number of nitrogens with zero attached hydrogens (tertiary/aromatic N) is 2. The molecule has 0 bridgehead atoms. The zero-order chi connectivity index (χ0) is 14.3. The SMILES string of the molecule is Cc1ccc2cc(-c3nc(C(C)C)sc3N)ccc2n1. The van der Waals surface area contributed by atoms with E-state index in [4.69, 9.17) is 5.73 Å². The molecule has 3 rings (SSSR count). The summed E-state index contributed by atoms with van der Waals surface area (Å²) < 4.78 is 0. The summed E-state index contributed by atoms with van der Waals surface area (Å²) in [5.41, 5.74) is 10.1. The first-order chi connectivity index (χ1) is 9.54. The molecule has 0 aliphatic carbocycles. The zero-order valence-corrected chi connectivity index (χ0v) is 12.7. The van der Waals surface area contributed by atoms with Crippen LogP contribution in [0.3, 0.4) is 0 Å². The summed E-state index contributed by atoms with van der Waals surface area (Å²) in [7, 11) is 0. The third-order valence-electron chi connectivity index (χ3n) is 3.27. The van der Waals surface area contributed by atoms with Gasteiger partial charge in [0.1, 0.15) is 10.7 Å². The van der Waals surface area contributed by atoms with E-state index in [-0.39, 0.29) is 0 Å². The molecule has 2 heterocycles. The number of rotatable bonds is 2. The Morgan fingerprint density at radius 3 is 2.60 bits per heavy atom. The fourth-order valence-corrected chi connectivity index (χ4v) is 3.04. The van der Waals surface area contributed by atoms with Gasteiger partial charge >= 0.3 is 0 Å². The van der Waals surface area contributed by atoms with Crippen LogP contribution in [-0.2, 0) is 0 Å². The molecule has 0 saturated carbocycles. The summed E-state index contributed by atoms with van der Waals surface area (Å²) in [5, 5.41) is 2.99. The van der Waals surface area contributed by atoms with Crippen molar-refractivity contribution in [2.45, 2.75) is 26.7 Å². The lowest BCUT2D eigenvalue weighted by atomic mass is 10.1. The van der Waals surface area contributed by atoms with Gasteiger partial charge in [-0.25, -0.2) is 4.98 Å². The second-order valence-corrected chi connectivity index (χ2v) is 6.34. The molecular weight excluding hydrogens is 266 g/mol. The summed E-state index contributed by atoms with van der Waals surface area (Å²) in [6.07, 6.45) is 0. The van der Waals surface area contributed by atoms with Gasteiger partial charge in [0, 0.05) is 22.6 Å². The topological polar surface area (TPSA) is 51.8 Å². The Hall–Kier alpha value is -1.94. The molecule has 3 aromatic rings. The molecule has 0 amide bonds. The van der Waals surface area contributed by atoms with E-state index in [1.807, 2.05) is 25.1 Å². The summed E-state index contributed by atoms with van der Waals surface area (Å²) in [4.78, 5) is 9.19. The molecule has 1 aromatic carbocycles. The van der Waals surface area contributed by atoms with Crippen LogP contribution in [0.4, 0.5) is 5.00 Å². The summed E-state index contributed by atoms with van der Waals surface area (Å²) in [5.74, 6) is 0.404. The van der Waals surface area contributed by atoms with Gasteiger partial charge in [0.2, 0.25) is 0 Å². The van der Waals surface area contributed by atoms with E-state index in [0.29, 0.717) is 5.92 Å². The van der Waals surface area contributed by atoms with Crippen molar-refractivity contribution in [1.29, 1.82) is 0 Å². The lowest BCUT2D eigenvalue weighted by Gasteiger charge is -2.03. The minimum atomic E-state index is 0.404. The van der Waals surface area contributed by atoms with Crippen molar-refractivity contribution in [3.8, 4) is 11.3 Å². The second-order valence-electron chi connectivity index (χ2n) is 5.28. The highest BCUT2D eigenvalue weighted by molar-refractivity contribution is 7.16. The molecule has 0 radical (unpaired) electrons. The van der Waals surface area contributed by atoms with Crippen LogP contribution in [0.1, 0.15) is 30.5 Å². The number of hydrogen-bond acceptors (Lipinski definition) is 4. The Morgan fingerprint density at radius 2 is 1.90 bits per heavy atom. The number of thiazole rings is 1. The molecule has 0 fully saturated rings. The third kappa shape index (κ3) is 2.27. The van der Waals surface area contributed by atoms with E-state index in [0.717, 1.165) is 37.9 Å². The zero-order valence-electron chi connectivity index (χ0n) is 11.8. The maximum Gasteiger partial charge on any atom is 0.114 e. The van der Waals surface area contributed by atoms with Crippen LogP contribution in [0.2, 0.25) is 0 Å². The largest absolute Gasteiger partial charge is 0.389 e. The molecule has 20 heavy (non-hydrogen) atoms. The van der Waals surface area contributed by atoms with E-state index in [1.54, 1.807) is 11.3 Å². The number of nitrogens with two attached hydrogens (primary N) is 1. The molecule has 0 saturated heterocycles. The normalized spacial score (nSPS) is 11.4. The lowest BCUT2D eigenvalue weighted by molar-refractivity contribution is 0.854. The van der Waals surface area contributed by atoms with Crippen molar-refractivity contribution < 1.29 is 0 Å². The predicted molar refractivity (Wildman–Crippen MR) is 86.1 cm³/mol. The Morgan fingerprint density at radius 1 is 1.10 bits per heavy atom. The molecule has 0 atom stereocenters. The Kier molecular flexibility index (Phi) is 3.18. The number of nitrogen functional groups attached to an aromatic ring is 1. The van der Waals surface area contributed by atoms with Crippen LogP contribution < -0.4 is 5.73 Å². The smallest absolute Gasteiger partial charge is 0.114 e.